The lowest BCUT2D eigenvalue weighted by atomic mass is 9.86. The van der Waals surface area contributed by atoms with Crippen LogP contribution in [0.3, 0.4) is 0 Å². The van der Waals surface area contributed by atoms with E-state index in [0.717, 1.165) is 57.2 Å². The molecule has 152 valence electrons. The number of hydrogen-bond donors (Lipinski definition) is 2. The summed E-state index contributed by atoms with van der Waals surface area (Å²) < 4.78 is 31.8. The van der Waals surface area contributed by atoms with Crippen LogP contribution in [0.25, 0.3) is 0 Å². The van der Waals surface area contributed by atoms with Gasteiger partial charge in [-0.3, -0.25) is 9.89 Å². The van der Waals surface area contributed by atoms with Gasteiger partial charge in [0.2, 0.25) is 10.0 Å². The first kappa shape index (κ1) is 20.1. The van der Waals surface area contributed by atoms with Gasteiger partial charge >= 0.3 is 0 Å². The third-order valence-corrected chi connectivity index (χ3v) is 6.58. The van der Waals surface area contributed by atoms with E-state index in [-0.39, 0.29) is 5.75 Å². The highest BCUT2D eigenvalue weighted by Gasteiger charge is 2.22. The van der Waals surface area contributed by atoms with Crippen LogP contribution in [0.4, 0.5) is 0 Å². The molecule has 1 aromatic heterocycles. The molecule has 2 N–H and O–H groups in total. The van der Waals surface area contributed by atoms with Crippen LogP contribution in [0, 0.1) is 5.92 Å². The van der Waals surface area contributed by atoms with Crippen molar-refractivity contribution in [3.8, 4) is 0 Å². The van der Waals surface area contributed by atoms with Crippen LogP contribution in [0.2, 0.25) is 0 Å². The summed E-state index contributed by atoms with van der Waals surface area (Å²) in [5.41, 5.74) is 0.936. The minimum absolute atomic E-state index is 0.0604. The number of aromatic nitrogens is 1. The lowest BCUT2D eigenvalue weighted by Gasteiger charge is -2.36. The second-order valence-corrected chi connectivity index (χ2v) is 9.12. The van der Waals surface area contributed by atoms with Crippen molar-refractivity contribution < 1.29 is 12.9 Å². The Labute approximate surface area is 161 Å². The summed E-state index contributed by atoms with van der Waals surface area (Å²) in [5.74, 6) is 1.34. The summed E-state index contributed by atoms with van der Waals surface area (Å²) in [5, 5.41) is 7.13. The maximum Gasteiger partial charge on any atom is 0.213 e. The van der Waals surface area contributed by atoms with Crippen molar-refractivity contribution >= 4 is 16.0 Å². The Morgan fingerprint density at radius 2 is 2.11 bits per heavy atom. The minimum Gasteiger partial charge on any atom is -0.364 e. The second kappa shape index (κ2) is 9.52. The third kappa shape index (κ3) is 6.18. The lowest BCUT2D eigenvalue weighted by molar-refractivity contribution is 0.169. The summed E-state index contributed by atoms with van der Waals surface area (Å²) in [6, 6.07) is 1.88. The number of piperazine rings is 1. The predicted octanol–water partition coefficient (Wildman–Crippen LogP) is 0.0871. The molecule has 3 rings (SSSR count). The van der Waals surface area contributed by atoms with Gasteiger partial charge < -0.3 is 14.7 Å². The fraction of sp³-hybridized carbons (Fsp3) is 0.765. The van der Waals surface area contributed by atoms with Crippen molar-refractivity contribution in [2.24, 2.45) is 10.9 Å². The molecule has 0 bridgehead atoms. The van der Waals surface area contributed by atoms with E-state index in [1.807, 2.05) is 6.07 Å². The molecule has 10 heteroatoms. The Morgan fingerprint density at radius 3 is 2.70 bits per heavy atom. The molecule has 1 saturated heterocycles. The van der Waals surface area contributed by atoms with Crippen LogP contribution in [-0.4, -0.2) is 81.4 Å². The van der Waals surface area contributed by atoms with Gasteiger partial charge in [-0.1, -0.05) is 11.6 Å². The Balaban J connectivity index is 1.36. The number of sulfonamides is 1. The number of aliphatic imine (C=N–C) groups is 1. The fourth-order valence-electron chi connectivity index (χ4n) is 3.31. The van der Waals surface area contributed by atoms with Gasteiger partial charge in [0.1, 0.15) is 6.26 Å². The summed E-state index contributed by atoms with van der Waals surface area (Å²) in [4.78, 5) is 8.78. The number of nitrogens with zero attached hydrogens (tertiary/aromatic N) is 4. The lowest BCUT2D eigenvalue weighted by Crippen LogP contribution is -2.52. The molecule has 1 saturated carbocycles. The first-order chi connectivity index (χ1) is 13.1. The topological polar surface area (TPSA) is 103 Å². The SMILES string of the molecule is CN=C(NCCS(=O)(=O)NCC1CCC1)N1CCN(Cc2ccon2)CC1. The zero-order valence-electron chi connectivity index (χ0n) is 15.9. The maximum atomic E-state index is 12.1. The van der Waals surface area contributed by atoms with Crippen molar-refractivity contribution in [1.29, 1.82) is 0 Å². The molecule has 0 aromatic carbocycles. The molecule has 2 aliphatic rings. The average molecular weight is 399 g/mol. The highest BCUT2D eigenvalue weighted by atomic mass is 32.2. The number of rotatable bonds is 8. The van der Waals surface area contributed by atoms with Crippen LogP contribution in [-0.2, 0) is 16.6 Å². The Kier molecular flexibility index (Phi) is 7.08. The third-order valence-electron chi connectivity index (χ3n) is 5.23. The second-order valence-electron chi connectivity index (χ2n) is 7.19. The van der Waals surface area contributed by atoms with E-state index in [1.54, 1.807) is 13.3 Å². The monoisotopic (exact) mass is 398 g/mol. The molecule has 1 aromatic rings. The van der Waals surface area contributed by atoms with Crippen molar-refractivity contribution in [1.82, 2.24) is 25.0 Å². The molecule has 9 nitrogen and oxygen atoms in total. The first-order valence-electron chi connectivity index (χ1n) is 9.60. The summed E-state index contributed by atoms with van der Waals surface area (Å²) in [7, 11) is -1.51. The van der Waals surface area contributed by atoms with E-state index in [4.69, 9.17) is 4.52 Å². The van der Waals surface area contributed by atoms with E-state index in [9.17, 15) is 8.42 Å². The van der Waals surface area contributed by atoms with Crippen molar-refractivity contribution in [3.05, 3.63) is 18.0 Å². The Morgan fingerprint density at radius 1 is 1.33 bits per heavy atom. The van der Waals surface area contributed by atoms with Gasteiger partial charge in [0.15, 0.2) is 5.96 Å². The van der Waals surface area contributed by atoms with Gasteiger partial charge in [0.25, 0.3) is 0 Å². The summed E-state index contributed by atoms with van der Waals surface area (Å²) >= 11 is 0. The van der Waals surface area contributed by atoms with Gasteiger partial charge in [0, 0.05) is 58.9 Å². The van der Waals surface area contributed by atoms with Gasteiger partial charge in [-0.25, -0.2) is 13.1 Å². The average Bonchev–Trinajstić information content (AvgIpc) is 3.11. The fourth-order valence-corrected chi connectivity index (χ4v) is 4.31. The molecule has 0 radical (unpaired) electrons. The number of hydrogen-bond acceptors (Lipinski definition) is 6. The summed E-state index contributed by atoms with van der Waals surface area (Å²) in [6.45, 7) is 5.18. The van der Waals surface area contributed by atoms with E-state index in [0.29, 0.717) is 19.0 Å². The molecule has 0 unspecified atom stereocenters. The van der Waals surface area contributed by atoms with Crippen LogP contribution < -0.4 is 10.0 Å². The van der Waals surface area contributed by atoms with Gasteiger partial charge in [-0.15, -0.1) is 0 Å². The van der Waals surface area contributed by atoms with Crippen molar-refractivity contribution in [2.75, 3.05) is 52.1 Å². The highest BCUT2D eigenvalue weighted by molar-refractivity contribution is 7.89. The maximum absolute atomic E-state index is 12.1. The van der Waals surface area contributed by atoms with E-state index in [1.165, 1.54) is 6.42 Å². The van der Waals surface area contributed by atoms with Gasteiger partial charge in [-0.2, -0.15) is 0 Å². The first-order valence-corrected chi connectivity index (χ1v) is 11.3. The molecule has 0 spiro atoms. The molecule has 2 fully saturated rings. The van der Waals surface area contributed by atoms with Crippen LogP contribution >= 0.6 is 0 Å². The normalized spacial score (nSPS) is 19.9. The van der Waals surface area contributed by atoms with Gasteiger partial charge in [0.05, 0.1) is 11.4 Å². The number of nitrogens with one attached hydrogen (secondary N) is 2. The molecule has 2 heterocycles. The number of guanidine groups is 1. The van der Waals surface area contributed by atoms with E-state index < -0.39 is 10.0 Å². The molecule has 27 heavy (non-hydrogen) atoms. The summed E-state index contributed by atoms with van der Waals surface area (Å²) in [6.07, 6.45) is 5.08. The Hall–Kier alpha value is -1.65. The van der Waals surface area contributed by atoms with Crippen LogP contribution in [0.1, 0.15) is 25.0 Å². The van der Waals surface area contributed by atoms with Crippen molar-refractivity contribution in [3.63, 3.8) is 0 Å². The molecular weight excluding hydrogens is 368 g/mol. The largest absolute Gasteiger partial charge is 0.364 e. The van der Waals surface area contributed by atoms with Gasteiger partial charge in [-0.05, 0) is 18.8 Å². The van der Waals surface area contributed by atoms with Crippen LogP contribution in [0.15, 0.2) is 21.8 Å². The predicted molar refractivity (Wildman–Crippen MR) is 104 cm³/mol. The molecule has 1 aliphatic carbocycles. The zero-order valence-corrected chi connectivity index (χ0v) is 16.7. The smallest absolute Gasteiger partial charge is 0.213 e. The molecular formula is C17H30N6O3S. The zero-order chi connectivity index (χ0) is 19.1. The van der Waals surface area contributed by atoms with E-state index in [2.05, 4.69) is 30.0 Å². The molecule has 1 aliphatic heterocycles. The Bertz CT molecular complexity index is 694. The van der Waals surface area contributed by atoms with E-state index >= 15 is 0 Å². The highest BCUT2D eigenvalue weighted by Crippen LogP contribution is 2.25. The standard InChI is InChI=1S/C17H30N6O3S/c1-18-17(19-6-12-27(24,25)20-13-15-3-2-4-15)23-9-7-22(8-10-23)14-16-5-11-26-21-16/h5,11,15,20H,2-4,6-10,12-14H2,1H3,(H,18,19). The van der Waals surface area contributed by atoms with Crippen molar-refractivity contribution in [2.45, 2.75) is 25.8 Å². The molecule has 0 atom stereocenters. The quantitative estimate of drug-likeness (QED) is 0.472. The van der Waals surface area contributed by atoms with Crippen LogP contribution in [0.5, 0.6) is 0 Å². The molecule has 0 amide bonds. The minimum atomic E-state index is -3.24.